The van der Waals surface area contributed by atoms with Gasteiger partial charge in [0.1, 0.15) is 22.8 Å². The van der Waals surface area contributed by atoms with Crippen LogP contribution in [0.25, 0.3) is 5.76 Å². The molecule has 0 spiro atoms. The van der Waals surface area contributed by atoms with Crippen LogP contribution in [0.3, 0.4) is 0 Å². The summed E-state index contributed by atoms with van der Waals surface area (Å²) in [5.41, 5.74) is 2.75. The zero-order chi connectivity index (χ0) is 27.6. The normalized spacial score (nSPS) is 27.5. The minimum absolute atomic E-state index is 0.0109. The maximum atomic E-state index is 13.8. The van der Waals surface area contributed by atoms with Crippen LogP contribution in [0.2, 0.25) is 5.02 Å². The molecule has 4 atom stereocenters. The van der Waals surface area contributed by atoms with Crippen molar-refractivity contribution in [2.45, 2.75) is 44.4 Å². The van der Waals surface area contributed by atoms with Gasteiger partial charge in [0.15, 0.2) is 11.4 Å². The first-order chi connectivity index (χ1) is 17.3. The van der Waals surface area contributed by atoms with E-state index in [1.165, 1.54) is 11.0 Å². The van der Waals surface area contributed by atoms with Crippen molar-refractivity contribution in [3.8, 4) is 5.75 Å². The van der Waals surface area contributed by atoms with Crippen molar-refractivity contribution in [2.24, 2.45) is 17.6 Å². The third-order valence-electron chi connectivity index (χ3n) is 7.77. The fraction of sp³-hybridized carbons (Fsp3) is 0.500. The van der Waals surface area contributed by atoms with Crippen LogP contribution in [0.15, 0.2) is 23.0 Å². The van der Waals surface area contributed by atoms with E-state index in [0.29, 0.717) is 22.7 Å². The molecule has 6 N–H and O–H groups in total. The van der Waals surface area contributed by atoms with E-state index in [0.717, 1.165) is 13.0 Å². The molecule has 4 rings (SSSR count). The van der Waals surface area contributed by atoms with Gasteiger partial charge in [0.05, 0.1) is 11.6 Å². The lowest BCUT2D eigenvalue weighted by Crippen LogP contribution is -2.65. The lowest BCUT2D eigenvalue weighted by atomic mass is 9.57. The number of aromatic hydroxyl groups is 1. The number of nitrogens with two attached hydrogens (primary N) is 1. The number of phenolic OH excluding ortho intramolecular Hbond substituents is 1. The van der Waals surface area contributed by atoms with E-state index in [-0.39, 0.29) is 29.7 Å². The molecule has 1 aromatic rings. The van der Waals surface area contributed by atoms with Crippen LogP contribution in [0.4, 0.5) is 0 Å². The molecule has 1 amide bonds. The Kier molecular flexibility index (Phi) is 6.91. The van der Waals surface area contributed by atoms with E-state index < -0.39 is 58.0 Å². The summed E-state index contributed by atoms with van der Waals surface area (Å²) in [7, 11) is 5.04. The van der Waals surface area contributed by atoms with E-state index in [9.17, 15) is 34.8 Å². The molecule has 0 saturated heterocycles. The molecule has 0 aliphatic heterocycles. The van der Waals surface area contributed by atoms with Crippen molar-refractivity contribution in [1.29, 1.82) is 0 Å². The number of aliphatic hydroxyl groups is 3. The summed E-state index contributed by atoms with van der Waals surface area (Å²) < 4.78 is 0. The third-order valence-corrected chi connectivity index (χ3v) is 8.25. The van der Waals surface area contributed by atoms with E-state index in [1.807, 2.05) is 18.9 Å². The summed E-state index contributed by atoms with van der Waals surface area (Å²) in [5.74, 6) is -6.83. The average Bonchev–Trinajstić information content (AvgIpc) is 2.79. The van der Waals surface area contributed by atoms with Crippen LogP contribution >= 0.6 is 11.6 Å². The van der Waals surface area contributed by atoms with Gasteiger partial charge in [-0.25, -0.2) is 0 Å². The molecule has 3 aliphatic rings. The molecule has 1 fully saturated rings. The fourth-order valence-electron chi connectivity index (χ4n) is 6.21. The second-order valence-electron chi connectivity index (χ2n) is 10.4. The molecule has 0 bridgehead atoms. The maximum absolute atomic E-state index is 13.8. The Morgan fingerprint density at radius 3 is 2.43 bits per heavy atom. The number of phenols is 1. The van der Waals surface area contributed by atoms with Gasteiger partial charge in [-0.15, -0.1) is 0 Å². The average molecular weight is 534 g/mol. The number of aliphatic hydroxyl groups excluding tert-OH is 2. The standard InChI is InChI=1S/C26H32ClN3O7/c1-5-6-30(4)10-12-9-15(31)17-13(19(12)27)7-11-8-14-20(29(2)3)22(33)18(25(28)36)24(35)26(14,37)23(34)16(11)21(17)32/h9,11,14,20,31-32,35,37H,5-8,10H2,1-4H3,(H2,28,36)/t11-,14-,20-,26-/m0/s1. The Hall–Kier alpha value is -2.92. The number of hydrogen-bond donors (Lipinski definition) is 5. The van der Waals surface area contributed by atoms with Gasteiger partial charge in [0.25, 0.3) is 5.91 Å². The Bertz CT molecular complexity index is 1270. The molecule has 0 heterocycles. The first-order valence-electron chi connectivity index (χ1n) is 12.1. The van der Waals surface area contributed by atoms with Gasteiger partial charge in [-0.1, -0.05) is 18.5 Å². The number of carbonyl (C=O) groups is 3. The molecule has 0 radical (unpaired) electrons. The second-order valence-corrected chi connectivity index (χ2v) is 10.8. The second kappa shape index (κ2) is 9.43. The molecule has 10 nitrogen and oxygen atoms in total. The lowest BCUT2D eigenvalue weighted by Gasteiger charge is -2.50. The smallest absolute Gasteiger partial charge is 0.255 e. The number of fused-ring (bicyclic) bond motifs is 3. The quantitative estimate of drug-likeness (QED) is 0.340. The first kappa shape index (κ1) is 27.1. The fourth-order valence-corrected chi connectivity index (χ4v) is 6.50. The van der Waals surface area contributed by atoms with Crippen molar-refractivity contribution in [1.82, 2.24) is 9.80 Å². The SMILES string of the molecule is CCCN(C)Cc1cc(O)c2c(c1Cl)C[C@H]1C[C@H]3[C@H](N(C)C)C(=O)C(C(N)=O)=C(O)[C@@]3(O)C(=O)C1=C2O. The molecule has 200 valence electrons. The molecule has 0 aromatic heterocycles. The van der Waals surface area contributed by atoms with Gasteiger partial charge < -0.3 is 31.1 Å². The molecule has 3 aliphatic carbocycles. The highest BCUT2D eigenvalue weighted by Crippen LogP contribution is 2.53. The van der Waals surface area contributed by atoms with Crippen LogP contribution in [-0.4, -0.2) is 87.0 Å². The van der Waals surface area contributed by atoms with Crippen molar-refractivity contribution < 1.29 is 34.8 Å². The van der Waals surface area contributed by atoms with Crippen molar-refractivity contribution >= 4 is 34.8 Å². The van der Waals surface area contributed by atoms with Gasteiger partial charge >= 0.3 is 0 Å². The molecule has 1 aromatic carbocycles. The summed E-state index contributed by atoms with van der Waals surface area (Å²) in [5, 5.41) is 44.9. The molecular formula is C26H32ClN3O7. The van der Waals surface area contributed by atoms with Gasteiger partial charge in [0, 0.05) is 23.1 Å². The zero-order valence-electron chi connectivity index (χ0n) is 21.2. The van der Waals surface area contributed by atoms with Gasteiger partial charge in [-0.3, -0.25) is 19.3 Å². The molecule has 37 heavy (non-hydrogen) atoms. The van der Waals surface area contributed by atoms with E-state index >= 15 is 0 Å². The van der Waals surface area contributed by atoms with Gasteiger partial charge in [0.2, 0.25) is 5.78 Å². The number of primary amides is 1. The Morgan fingerprint density at radius 1 is 1.22 bits per heavy atom. The summed E-state index contributed by atoms with van der Waals surface area (Å²) in [6.45, 7) is 3.32. The van der Waals surface area contributed by atoms with Crippen LogP contribution < -0.4 is 5.73 Å². The molecule has 0 unspecified atom stereocenters. The third kappa shape index (κ3) is 3.94. The summed E-state index contributed by atoms with van der Waals surface area (Å²) >= 11 is 6.75. The minimum Gasteiger partial charge on any atom is -0.508 e. The number of ketones is 2. The number of amides is 1. The molecule has 1 saturated carbocycles. The number of Topliss-reactive ketones (excluding diaryl/α,β-unsaturated/α-hetero) is 2. The monoisotopic (exact) mass is 533 g/mol. The van der Waals surface area contributed by atoms with Crippen molar-refractivity contribution in [3.05, 3.63) is 44.7 Å². The highest BCUT2D eigenvalue weighted by Gasteiger charge is 2.64. The Labute approximate surface area is 219 Å². The Morgan fingerprint density at radius 2 is 1.86 bits per heavy atom. The molecule has 11 heteroatoms. The highest BCUT2D eigenvalue weighted by molar-refractivity contribution is 6.32. The largest absolute Gasteiger partial charge is 0.508 e. The predicted octanol–water partition coefficient (Wildman–Crippen LogP) is 1.46. The topological polar surface area (TPSA) is 165 Å². The first-order valence-corrected chi connectivity index (χ1v) is 12.5. The number of carbonyl (C=O) groups excluding carboxylic acids is 3. The number of rotatable bonds is 6. The van der Waals surface area contributed by atoms with Gasteiger partial charge in [-0.2, -0.15) is 0 Å². The number of benzene rings is 1. The number of nitrogens with zero attached hydrogens (tertiary/aromatic N) is 2. The lowest BCUT2D eigenvalue weighted by molar-refractivity contribution is -0.153. The van der Waals surface area contributed by atoms with E-state index in [4.69, 9.17) is 17.3 Å². The minimum atomic E-state index is -2.66. The number of halogens is 1. The van der Waals surface area contributed by atoms with Gasteiger partial charge in [-0.05, 0) is 70.1 Å². The number of hydrogen-bond acceptors (Lipinski definition) is 9. The summed E-state index contributed by atoms with van der Waals surface area (Å²) in [4.78, 5) is 42.5. The van der Waals surface area contributed by atoms with Crippen LogP contribution in [0.5, 0.6) is 5.75 Å². The predicted molar refractivity (Wildman–Crippen MR) is 136 cm³/mol. The van der Waals surface area contributed by atoms with Crippen LogP contribution in [0.1, 0.15) is 36.5 Å². The maximum Gasteiger partial charge on any atom is 0.255 e. The van der Waals surface area contributed by atoms with E-state index in [2.05, 4.69) is 0 Å². The van der Waals surface area contributed by atoms with E-state index in [1.54, 1.807) is 14.1 Å². The summed E-state index contributed by atoms with van der Waals surface area (Å²) in [6, 6.07) is 0.314. The highest BCUT2D eigenvalue weighted by atomic mass is 35.5. The van der Waals surface area contributed by atoms with Crippen molar-refractivity contribution in [3.63, 3.8) is 0 Å². The van der Waals surface area contributed by atoms with Crippen LogP contribution in [0, 0.1) is 11.8 Å². The molecular weight excluding hydrogens is 502 g/mol. The summed E-state index contributed by atoms with van der Waals surface area (Å²) in [6.07, 6.45) is 1.10. The van der Waals surface area contributed by atoms with Crippen molar-refractivity contribution in [2.75, 3.05) is 27.7 Å². The van der Waals surface area contributed by atoms with Crippen LogP contribution in [-0.2, 0) is 27.3 Å². The number of likely N-dealkylation sites (N-methyl/N-ethyl adjacent to an activating group) is 1. The Balaban J connectivity index is 1.90. The zero-order valence-corrected chi connectivity index (χ0v) is 22.0.